The SMILES string of the molecule is CCNCc1cc(F)ccc1Oc1cc(C)c(Cl)c(C)c1. The molecule has 0 spiro atoms. The summed E-state index contributed by atoms with van der Waals surface area (Å²) < 4.78 is 19.3. The highest BCUT2D eigenvalue weighted by molar-refractivity contribution is 6.32. The van der Waals surface area contributed by atoms with E-state index < -0.39 is 0 Å². The van der Waals surface area contributed by atoms with E-state index in [1.54, 1.807) is 6.07 Å². The average molecular weight is 308 g/mol. The molecular weight excluding hydrogens is 289 g/mol. The van der Waals surface area contributed by atoms with E-state index in [1.807, 2.05) is 32.9 Å². The molecule has 0 radical (unpaired) electrons. The van der Waals surface area contributed by atoms with Gasteiger partial charge in [0.2, 0.25) is 0 Å². The highest BCUT2D eigenvalue weighted by atomic mass is 35.5. The van der Waals surface area contributed by atoms with Crippen molar-refractivity contribution < 1.29 is 9.13 Å². The molecule has 0 saturated heterocycles. The van der Waals surface area contributed by atoms with Crippen LogP contribution in [0.5, 0.6) is 11.5 Å². The number of hydrogen-bond donors (Lipinski definition) is 1. The monoisotopic (exact) mass is 307 g/mol. The minimum atomic E-state index is -0.265. The van der Waals surface area contributed by atoms with Crippen LogP contribution in [0.15, 0.2) is 30.3 Å². The second-order valence-electron chi connectivity index (χ2n) is 5.01. The molecule has 0 saturated carbocycles. The first-order valence-electron chi connectivity index (χ1n) is 6.95. The van der Waals surface area contributed by atoms with Gasteiger partial charge in [-0.2, -0.15) is 0 Å². The summed E-state index contributed by atoms with van der Waals surface area (Å²) in [5.74, 6) is 1.09. The molecule has 2 aromatic rings. The Labute approximate surface area is 129 Å². The summed E-state index contributed by atoms with van der Waals surface area (Å²) in [5, 5.41) is 3.93. The van der Waals surface area contributed by atoms with Crippen molar-refractivity contribution in [2.24, 2.45) is 0 Å². The van der Waals surface area contributed by atoms with E-state index in [4.69, 9.17) is 16.3 Å². The summed E-state index contributed by atoms with van der Waals surface area (Å²) in [6, 6.07) is 8.32. The molecule has 21 heavy (non-hydrogen) atoms. The molecule has 0 unspecified atom stereocenters. The number of benzene rings is 2. The minimum Gasteiger partial charge on any atom is -0.457 e. The Morgan fingerprint density at radius 1 is 1.14 bits per heavy atom. The molecule has 0 aromatic heterocycles. The van der Waals surface area contributed by atoms with Crippen LogP contribution in [0.2, 0.25) is 5.02 Å². The zero-order chi connectivity index (χ0) is 15.4. The summed E-state index contributed by atoms with van der Waals surface area (Å²) >= 11 is 6.16. The van der Waals surface area contributed by atoms with Gasteiger partial charge in [-0.3, -0.25) is 0 Å². The predicted octanol–water partition coefficient (Wildman–Crippen LogP) is 5.00. The lowest BCUT2D eigenvalue weighted by molar-refractivity contribution is 0.470. The van der Waals surface area contributed by atoms with Gasteiger partial charge in [-0.1, -0.05) is 18.5 Å². The van der Waals surface area contributed by atoms with Crippen LogP contribution in [-0.4, -0.2) is 6.54 Å². The van der Waals surface area contributed by atoms with Crippen molar-refractivity contribution in [3.05, 3.63) is 57.9 Å². The average Bonchev–Trinajstić information content (AvgIpc) is 2.45. The van der Waals surface area contributed by atoms with Crippen LogP contribution in [0.1, 0.15) is 23.6 Å². The van der Waals surface area contributed by atoms with Gasteiger partial charge in [0, 0.05) is 17.1 Å². The van der Waals surface area contributed by atoms with Crippen LogP contribution in [0.25, 0.3) is 0 Å². The van der Waals surface area contributed by atoms with Gasteiger partial charge >= 0.3 is 0 Å². The fourth-order valence-electron chi connectivity index (χ4n) is 2.14. The van der Waals surface area contributed by atoms with Gasteiger partial charge in [0.1, 0.15) is 17.3 Å². The number of rotatable bonds is 5. The number of halogens is 2. The molecule has 4 heteroatoms. The number of nitrogens with one attached hydrogen (secondary N) is 1. The van der Waals surface area contributed by atoms with E-state index in [2.05, 4.69) is 5.32 Å². The van der Waals surface area contributed by atoms with Crippen LogP contribution < -0.4 is 10.1 Å². The van der Waals surface area contributed by atoms with Crippen molar-refractivity contribution >= 4 is 11.6 Å². The van der Waals surface area contributed by atoms with Crippen LogP contribution >= 0.6 is 11.6 Å². The molecule has 1 N–H and O–H groups in total. The summed E-state index contributed by atoms with van der Waals surface area (Å²) in [5.41, 5.74) is 2.71. The van der Waals surface area contributed by atoms with E-state index in [9.17, 15) is 4.39 Å². The summed E-state index contributed by atoms with van der Waals surface area (Å²) in [7, 11) is 0. The number of ether oxygens (including phenoxy) is 1. The molecule has 0 atom stereocenters. The van der Waals surface area contributed by atoms with Crippen LogP contribution in [-0.2, 0) is 6.54 Å². The lowest BCUT2D eigenvalue weighted by Crippen LogP contribution is -2.12. The van der Waals surface area contributed by atoms with Gasteiger partial charge in [0.25, 0.3) is 0 Å². The topological polar surface area (TPSA) is 21.3 Å². The summed E-state index contributed by atoms with van der Waals surface area (Å²) in [4.78, 5) is 0. The Morgan fingerprint density at radius 2 is 1.81 bits per heavy atom. The Hall–Kier alpha value is -1.58. The molecule has 0 amide bonds. The highest BCUT2D eigenvalue weighted by Crippen LogP contribution is 2.31. The van der Waals surface area contributed by atoms with Crippen molar-refractivity contribution in [2.45, 2.75) is 27.3 Å². The van der Waals surface area contributed by atoms with Gasteiger partial charge in [-0.15, -0.1) is 0 Å². The van der Waals surface area contributed by atoms with Gasteiger partial charge in [0.15, 0.2) is 0 Å². The van der Waals surface area contributed by atoms with E-state index in [0.717, 1.165) is 28.3 Å². The third-order valence-electron chi connectivity index (χ3n) is 3.23. The summed E-state index contributed by atoms with van der Waals surface area (Å²) in [6.45, 7) is 7.26. The molecule has 2 nitrogen and oxygen atoms in total. The maximum Gasteiger partial charge on any atom is 0.132 e. The van der Waals surface area contributed by atoms with Crippen molar-refractivity contribution in [3.63, 3.8) is 0 Å². The molecule has 0 fully saturated rings. The van der Waals surface area contributed by atoms with E-state index in [-0.39, 0.29) is 5.82 Å². The molecule has 0 aliphatic heterocycles. The largest absolute Gasteiger partial charge is 0.457 e. The Balaban J connectivity index is 2.30. The summed E-state index contributed by atoms with van der Waals surface area (Å²) in [6.07, 6.45) is 0. The third kappa shape index (κ3) is 3.96. The standard InChI is InChI=1S/C17H19ClFNO/c1-4-20-10-13-9-14(19)5-6-16(13)21-15-7-11(2)17(18)12(3)8-15/h5-9,20H,4,10H2,1-3H3. The van der Waals surface area contributed by atoms with E-state index in [0.29, 0.717) is 18.0 Å². The van der Waals surface area contributed by atoms with E-state index in [1.165, 1.54) is 12.1 Å². The normalized spacial score (nSPS) is 10.7. The predicted molar refractivity (Wildman–Crippen MR) is 84.8 cm³/mol. The van der Waals surface area contributed by atoms with E-state index >= 15 is 0 Å². The Kier molecular flexibility index (Phi) is 5.21. The molecule has 0 aliphatic carbocycles. The van der Waals surface area contributed by atoms with Crippen molar-refractivity contribution in [1.29, 1.82) is 0 Å². The fourth-order valence-corrected chi connectivity index (χ4v) is 2.25. The number of aryl methyl sites for hydroxylation is 2. The van der Waals surface area contributed by atoms with Crippen LogP contribution in [0.3, 0.4) is 0 Å². The van der Waals surface area contributed by atoms with Gasteiger partial charge < -0.3 is 10.1 Å². The van der Waals surface area contributed by atoms with Crippen LogP contribution in [0.4, 0.5) is 4.39 Å². The van der Waals surface area contributed by atoms with Gasteiger partial charge in [0.05, 0.1) is 0 Å². The van der Waals surface area contributed by atoms with Gasteiger partial charge in [-0.05, 0) is 61.9 Å². The Morgan fingerprint density at radius 3 is 2.43 bits per heavy atom. The van der Waals surface area contributed by atoms with Gasteiger partial charge in [-0.25, -0.2) is 4.39 Å². The second kappa shape index (κ2) is 6.92. The Bertz CT molecular complexity index is 620. The maximum atomic E-state index is 13.4. The fraction of sp³-hybridized carbons (Fsp3) is 0.294. The zero-order valence-corrected chi connectivity index (χ0v) is 13.2. The highest BCUT2D eigenvalue weighted by Gasteiger charge is 2.09. The van der Waals surface area contributed by atoms with Crippen LogP contribution in [0, 0.1) is 19.7 Å². The first-order valence-corrected chi connectivity index (χ1v) is 7.32. The molecule has 2 rings (SSSR count). The first kappa shape index (κ1) is 15.8. The molecule has 0 aliphatic rings. The lowest BCUT2D eigenvalue weighted by atomic mass is 10.1. The molecule has 112 valence electrons. The van der Waals surface area contributed by atoms with Crippen molar-refractivity contribution in [2.75, 3.05) is 6.54 Å². The minimum absolute atomic E-state index is 0.265. The second-order valence-corrected chi connectivity index (χ2v) is 5.38. The lowest BCUT2D eigenvalue weighted by Gasteiger charge is -2.13. The molecular formula is C17H19ClFNO. The molecule has 2 aromatic carbocycles. The third-order valence-corrected chi connectivity index (χ3v) is 3.82. The first-order chi connectivity index (χ1) is 10.0. The smallest absolute Gasteiger partial charge is 0.132 e. The number of hydrogen-bond acceptors (Lipinski definition) is 2. The molecule has 0 bridgehead atoms. The maximum absolute atomic E-state index is 13.4. The molecule has 0 heterocycles. The quantitative estimate of drug-likeness (QED) is 0.839. The van der Waals surface area contributed by atoms with Crippen molar-refractivity contribution in [3.8, 4) is 11.5 Å². The zero-order valence-electron chi connectivity index (χ0n) is 12.5. The van der Waals surface area contributed by atoms with Crippen molar-refractivity contribution in [1.82, 2.24) is 5.32 Å².